The van der Waals surface area contributed by atoms with E-state index >= 15 is 0 Å². The van der Waals surface area contributed by atoms with Crippen molar-refractivity contribution in [2.75, 3.05) is 18.9 Å². The molecule has 0 spiro atoms. The smallest absolute Gasteiger partial charge is 0.321 e. The number of urea groups is 1. The fourth-order valence-electron chi connectivity index (χ4n) is 2.59. The van der Waals surface area contributed by atoms with E-state index in [1.54, 1.807) is 18.2 Å². The Morgan fingerprint density at radius 2 is 1.92 bits per heavy atom. The lowest BCUT2D eigenvalue weighted by atomic mass is 10.2. The SMILES string of the molecule is CNC(=O)c1ccc(NCC(=O)NC(=O)NC2CCCC2)cc1Cl. The van der Waals surface area contributed by atoms with Gasteiger partial charge in [0, 0.05) is 18.8 Å². The highest BCUT2D eigenvalue weighted by atomic mass is 35.5. The molecule has 2 rings (SSSR count). The number of halogens is 1. The van der Waals surface area contributed by atoms with Gasteiger partial charge in [-0.1, -0.05) is 24.4 Å². The van der Waals surface area contributed by atoms with Crippen molar-refractivity contribution in [1.82, 2.24) is 16.0 Å². The van der Waals surface area contributed by atoms with Gasteiger partial charge in [0.15, 0.2) is 0 Å². The van der Waals surface area contributed by atoms with Crippen molar-refractivity contribution in [3.05, 3.63) is 28.8 Å². The molecule has 0 aromatic heterocycles. The third-order valence-electron chi connectivity index (χ3n) is 3.84. The number of anilines is 1. The predicted molar refractivity (Wildman–Crippen MR) is 92.3 cm³/mol. The molecule has 130 valence electrons. The number of imide groups is 1. The summed E-state index contributed by atoms with van der Waals surface area (Å²) in [5, 5.41) is 10.7. The van der Waals surface area contributed by atoms with Gasteiger partial charge in [0.05, 0.1) is 17.1 Å². The van der Waals surface area contributed by atoms with Crippen LogP contribution in [0.5, 0.6) is 0 Å². The van der Waals surface area contributed by atoms with Crippen molar-refractivity contribution in [3.8, 4) is 0 Å². The summed E-state index contributed by atoms with van der Waals surface area (Å²) in [7, 11) is 1.52. The summed E-state index contributed by atoms with van der Waals surface area (Å²) < 4.78 is 0. The Balaban J connectivity index is 1.79. The van der Waals surface area contributed by atoms with Crippen molar-refractivity contribution in [1.29, 1.82) is 0 Å². The summed E-state index contributed by atoms with van der Waals surface area (Å²) in [5.41, 5.74) is 0.934. The van der Waals surface area contributed by atoms with Crippen LogP contribution >= 0.6 is 11.6 Å². The number of nitrogens with one attached hydrogen (secondary N) is 4. The molecule has 1 aromatic carbocycles. The average molecular weight is 353 g/mol. The van der Waals surface area contributed by atoms with E-state index in [2.05, 4.69) is 21.3 Å². The summed E-state index contributed by atoms with van der Waals surface area (Å²) in [4.78, 5) is 35.0. The van der Waals surface area contributed by atoms with Gasteiger partial charge in [0.25, 0.3) is 5.91 Å². The van der Waals surface area contributed by atoms with E-state index in [0.29, 0.717) is 11.3 Å². The van der Waals surface area contributed by atoms with Crippen LogP contribution in [0.3, 0.4) is 0 Å². The molecule has 1 aromatic rings. The number of carbonyl (C=O) groups is 3. The van der Waals surface area contributed by atoms with Gasteiger partial charge in [0.1, 0.15) is 0 Å². The summed E-state index contributed by atoms with van der Waals surface area (Å²) in [6.07, 6.45) is 4.12. The van der Waals surface area contributed by atoms with Gasteiger partial charge >= 0.3 is 6.03 Å². The molecule has 0 atom stereocenters. The van der Waals surface area contributed by atoms with Crippen LogP contribution in [0, 0.1) is 0 Å². The normalized spacial score (nSPS) is 14.1. The second-order valence-electron chi connectivity index (χ2n) is 5.63. The van der Waals surface area contributed by atoms with E-state index in [0.717, 1.165) is 25.7 Å². The van der Waals surface area contributed by atoms with Crippen LogP contribution in [-0.4, -0.2) is 37.5 Å². The minimum absolute atomic E-state index is 0.0757. The zero-order chi connectivity index (χ0) is 17.5. The lowest BCUT2D eigenvalue weighted by molar-refractivity contribution is -0.118. The first kappa shape index (κ1) is 18.1. The number of amides is 4. The van der Waals surface area contributed by atoms with Crippen molar-refractivity contribution in [2.24, 2.45) is 0 Å². The molecule has 0 bridgehead atoms. The van der Waals surface area contributed by atoms with Gasteiger partial charge < -0.3 is 16.0 Å². The molecule has 0 radical (unpaired) electrons. The Kier molecular flexibility index (Phi) is 6.43. The molecule has 24 heavy (non-hydrogen) atoms. The van der Waals surface area contributed by atoms with Crippen LogP contribution < -0.4 is 21.3 Å². The highest BCUT2D eigenvalue weighted by Gasteiger charge is 2.18. The van der Waals surface area contributed by atoms with Crippen LogP contribution in [0.1, 0.15) is 36.0 Å². The molecule has 7 nitrogen and oxygen atoms in total. The molecule has 8 heteroatoms. The summed E-state index contributed by atoms with van der Waals surface area (Å²) in [6.45, 7) is -0.0757. The topological polar surface area (TPSA) is 99.3 Å². The Bertz CT molecular complexity index is 630. The maximum absolute atomic E-state index is 11.8. The number of carbonyl (C=O) groups excluding carboxylic acids is 3. The number of hydrogen-bond acceptors (Lipinski definition) is 4. The Hall–Kier alpha value is -2.28. The van der Waals surface area contributed by atoms with Crippen LogP contribution in [0.2, 0.25) is 5.02 Å². The van der Waals surface area contributed by atoms with Crippen LogP contribution in [0.4, 0.5) is 10.5 Å². The van der Waals surface area contributed by atoms with E-state index in [1.807, 2.05) is 0 Å². The summed E-state index contributed by atoms with van der Waals surface area (Å²) in [6, 6.07) is 4.44. The third-order valence-corrected chi connectivity index (χ3v) is 4.15. The maximum atomic E-state index is 11.8. The molecular formula is C16H21ClN4O3. The molecule has 0 heterocycles. The van der Waals surface area contributed by atoms with E-state index < -0.39 is 11.9 Å². The third kappa shape index (κ3) is 5.13. The van der Waals surface area contributed by atoms with Crippen molar-refractivity contribution < 1.29 is 14.4 Å². The summed E-state index contributed by atoms with van der Waals surface area (Å²) >= 11 is 6.03. The van der Waals surface area contributed by atoms with Crippen LogP contribution in [-0.2, 0) is 4.79 Å². The lowest BCUT2D eigenvalue weighted by Gasteiger charge is -2.13. The Morgan fingerprint density at radius 1 is 1.21 bits per heavy atom. The fraction of sp³-hybridized carbons (Fsp3) is 0.438. The first-order valence-electron chi connectivity index (χ1n) is 7.85. The molecule has 1 fully saturated rings. The van der Waals surface area contributed by atoms with Gasteiger partial charge in [-0.2, -0.15) is 0 Å². The van der Waals surface area contributed by atoms with Crippen LogP contribution in [0.15, 0.2) is 18.2 Å². The second kappa shape index (κ2) is 8.54. The molecule has 0 saturated heterocycles. The number of benzene rings is 1. The summed E-state index contributed by atoms with van der Waals surface area (Å²) in [5.74, 6) is -0.732. The minimum Gasteiger partial charge on any atom is -0.376 e. The van der Waals surface area contributed by atoms with Gasteiger partial charge in [-0.3, -0.25) is 14.9 Å². The maximum Gasteiger partial charge on any atom is 0.321 e. The van der Waals surface area contributed by atoms with E-state index in [9.17, 15) is 14.4 Å². The monoisotopic (exact) mass is 352 g/mol. The molecular weight excluding hydrogens is 332 g/mol. The average Bonchev–Trinajstić information content (AvgIpc) is 3.05. The second-order valence-corrected chi connectivity index (χ2v) is 6.04. The predicted octanol–water partition coefficient (Wildman–Crippen LogP) is 1.88. The first-order chi connectivity index (χ1) is 11.5. The standard InChI is InChI=1S/C16H21ClN4O3/c1-18-15(23)12-7-6-11(8-13(12)17)19-9-14(22)21-16(24)20-10-4-2-3-5-10/h6-8,10,19H,2-5,9H2,1H3,(H,18,23)(H2,20,21,22,24). The van der Waals surface area contributed by atoms with Crippen molar-refractivity contribution in [3.63, 3.8) is 0 Å². The largest absolute Gasteiger partial charge is 0.376 e. The number of rotatable bonds is 5. The highest BCUT2D eigenvalue weighted by Crippen LogP contribution is 2.21. The molecule has 1 saturated carbocycles. The molecule has 0 aliphatic heterocycles. The minimum atomic E-state index is -0.471. The van der Waals surface area contributed by atoms with Gasteiger partial charge in [0.2, 0.25) is 5.91 Å². The Morgan fingerprint density at radius 3 is 2.54 bits per heavy atom. The molecule has 0 unspecified atom stereocenters. The van der Waals surface area contributed by atoms with E-state index in [4.69, 9.17) is 11.6 Å². The van der Waals surface area contributed by atoms with Crippen molar-refractivity contribution in [2.45, 2.75) is 31.7 Å². The highest BCUT2D eigenvalue weighted by molar-refractivity contribution is 6.34. The van der Waals surface area contributed by atoms with Gasteiger partial charge in [-0.05, 0) is 31.0 Å². The zero-order valence-corrected chi connectivity index (χ0v) is 14.2. The number of hydrogen-bond donors (Lipinski definition) is 4. The molecule has 1 aliphatic carbocycles. The van der Waals surface area contributed by atoms with Gasteiger partial charge in [-0.25, -0.2) is 4.79 Å². The lowest BCUT2D eigenvalue weighted by Crippen LogP contribution is -2.45. The zero-order valence-electron chi connectivity index (χ0n) is 13.4. The van der Waals surface area contributed by atoms with Crippen LogP contribution in [0.25, 0.3) is 0 Å². The van der Waals surface area contributed by atoms with Gasteiger partial charge in [-0.15, -0.1) is 0 Å². The van der Waals surface area contributed by atoms with Crippen molar-refractivity contribution >= 4 is 35.1 Å². The first-order valence-corrected chi connectivity index (χ1v) is 8.23. The molecule has 4 amide bonds. The van der Waals surface area contributed by atoms with E-state index in [1.165, 1.54) is 7.05 Å². The molecule has 1 aliphatic rings. The fourth-order valence-corrected chi connectivity index (χ4v) is 2.86. The van der Waals surface area contributed by atoms with E-state index in [-0.39, 0.29) is 23.5 Å². The Labute approximate surface area is 145 Å². The quantitative estimate of drug-likeness (QED) is 0.650. The molecule has 4 N–H and O–H groups in total.